The van der Waals surface area contributed by atoms with E-state index in [0.29, 0.717) is 11.6 Å². The Balaban J connectivity index is 1.92. The molecule has 1 atom stereocenters. The Kier molecular flexibility index (Phi) is 6.66. The Bertz CT molecular complexity index is 1000. The summed E-state index contributed by atoms with van der Waals surface area (Å²) in [5.74, 6) is 0.390. The molecule has 0 fully saturated rings. The van der Waals surface area contributed by atoms with Crippen LogP contribution in [0, 0.1) is 6.92 Å². The minimum Gasteiger partial charge on any atom is -0.341 e. The topological polar surface area (TPSA) is 88.9 Å². The highest BCUT2D eigenvalue weighted by atomic mass is 32.2. The zero-order chi connectivity index (χ0) is 20.8. The van der Waals surface area contributed by atoms with Gasteiger partial charge in [0.1, 0.15) is 5.82 Å². The first-order valence-corrected chi connectivity index (χ1v) is 10.1. The van der Waals surface area contributed by atoms with Crippen LogP contribution in [0.15, 0.2) is 59.8 Å². The summed E-state index contributed by atoms with van der Waals surface area (Å²) in [7, 11) is 1.46. The van der Waals surface area contributed by atoms with Gasteiger partial charge >= 0.3 is 6.03 Å². The number of urea groups is 1. The average Bonchev–Trinajstić information content (AvgIpc) is 3.10. The third kappa shape index (κ3) is 5.23. The van der Waals surface area contributed by atoms with Crippen LogP contribution < -0.4 is 10.6 Å². The second kappa shape index (κ2) is 9.38. The van der Waals surface area contributed by atoms with Gasteiger partial charge in [0.05, 0.1) is 5.25 Å². The van der Waals surface area contributed by atoms with Gasteiger partial charge in [0.2, 0.25) is 5.91 Å². The van der Waals surface area contributed by atoms with Crippen LogP contribution in [-0.4, -0.2) is 39.0 Å². The van der Waals surface area contributed by atoms with E-state index in [1.807, 2.05) is 60.0 Å². The summed E-state index contributed by atoms with van der Waals surface area (Å²) >= 11 is 1.26. The highest BCUT2D eigenvalue weighted by Gasteiger charge is 2.22. The molecule has 0 unspecified atom stereocenters. The number of aryl methyl sites for hydroxylation is 1. The maximum absolute atomic E-state index is 12.3. The largest absolute Gasteiger partial charge is 0.341 e. The summed E-state index contributed by atoms with van der Waals surface area (Å²) in [6, 6.07) is 17.6. The van der Waals surface area contributed by atoms with E-state index in [0.717, 1.165) is 22.6 Å². The number of aromatic nitrogens is 3. The molecule has 0 aliphatic rings. The number of thioether (sulfide) groups is 1. The molecule has 2 aromatic carbocycles. The number of rotatable bonds is 6. The van der Waals surface area contributed by atoms with Crippen LogP contribution in [0.3, 0.4) is 0 Å². The number of benzene rings is 2. The maximum Gasteiger partial charge on any atom is 0.321 e. The summed E-state index contributed by atoms with van der Waals surface area (Å²) in [5.41, 5.74) is 3.17. The van der Waals surface area contributed by atoms with E-state index in [-0.39, 0.29) is 0 Å². The zero-order valence-electron chi connectivity index (χ0n) is 16.5. The first kappa shape index (κ1) is 20.6. The number of nitrogens with one attached hydrogen (secondary N) is 2. The van der Waals surface area contributed by atoms with Crippen molar-refractivity contribution >= 4 is 23.7 Å². The lowest BCUT2D eigenvalue weighted by Crippen LogP contribution is -2.41. The summed E-state index contributed by atoms with van der Waals surface area (Å²) in [5, 5.41) is 13.5. The molecule has 150 valence electrons. The normalized spacial score (nSPS) is 11.7. The van der Waals surface area contributed by atoms with E-state index < -0.39 is 17.2 Å². The van der Waals surface area contributed by atoms with Crippen molar-refractivity contribution in [3.05, 3.63) is 71.5 Å². The van der Waals surface area contributed by atoms with Crippen molar-refractivity contribution in [2.75, 3.05) is 7.05 Å². The van der Waals surface area contributed by atoms with Gasteiger partial charge in [-0.15, -0.1) is 10.2 Å². The van der Waals surface area contributed by atoms with Gasteiger partial charge in [-0.05, 0) is 37.1 Å². The predicted octanol–water partition coefficient (Wildman–Crippen LogP) is 3.10. The predicted molar refractivity (Wildman–Crippen MR) is 113 cm³/mol. The molecular weight excluding hydrogens is 386 g/mol. The Morgan fingerprint density at radius 3 is 2.55 bits per heavy atom. The average molecular weight is 410 g/mol. The van der Waals surface area contributed by atoms with Gasteiger partial charge in [-0.2, -0.15) is 0 Å². The molecule has 0 aliphatic heterocycles. The number of nitrogens with zero attached hydrogens (tertiary/aromatic N) is 3. The quantitative estimate of drug-likeness (QED) is 0.611. The molecule has 0 radical (unpaired) electrons. The molecule has 0 aliphatic carbocycles. The Labute approximate surface area is 173 Å². The lowest BCUT2D eigenvalue weighted by atomic mass is 10.1. The molecule has 0 saturated heterocycles. The Morgan fingerprint density at radius 2 is 1.86 bits per heavy atom. The smallest absolute Gasteiger partial charge is 0.321 e. The molecule has 29 heavy (non-hydrogen) atoms. The van der Waals surface area contributed by atoms with E-state index in [1.54, 1.807) is 6.92 Å². The summed E-state index contributed by atoms with van der Waals surface area (Å²) in [6.45, 7) is 3.76. The molecule has 1 heterocycles. The Hall–Kier alpha value is -3.13. The number of carbonyl (C=O) groups excluding carboxylic acids is 2. The monoisotopic (exact) mass is 409 g/mol. The van der Waals surface area contributed by atoms with Crippen LogP contribution in [0.25, 0.3) is 5.69 Å². The Morgan fingerprint density at radius 1 is 1.10 bits per heavy atom. The molecule has 2 N–H and O–H groups in total. The molecule has 3 amide bonds. The summed E-state index contributed by atoms with van der Waals surface area (Å²) in [4.78, 5) is 23.7. The van der Waals surface area contributed by atoms with Gasteiger partial charge in [-0.25, -0.2) is 4.79 Å². The van der Waals surface area contributed by atoms with Crippen LogP contribution >= 0.6 is 11.8 Å². The lowest BCUT2D eigenvalue weighted by molar-refractivity contribution is -0.119. The first-order chi connectivity index (χ1) is 14.0. The maximum atomic E-state index is 12.3. The first-order valence-electron chi connectivity index (χ1n) is 9.22. The van der Waals surface area contributed by atoms with Gasteiger partial charge in [0, 0.05) is 19.2 Å². The SMILES string of the molecule is CNC(=O)NC(=O)[C@H](C)Sc1nnc(Cc2ccccc2)n1-c1cccc(C)c1. The van der Waals surface area contributed by atoms with Crippen molar-refractivity contribution in [2.24, 2.45) is 0 Å². The van der Waals surface area contributed by atoms with Crippen LogP contribution in [-0.2, 0) is 11.2 Å². The van der Waals surface area contributed by atoms with Gasteiger partial charge in [0.25, 0.3) is 0 Å². The molecule has 1 aromatic heterocycles. The van der Waals surface area contributed by atoms with E-state index in [9.17, 15) is 9.59 Å². The van der Waals surface area contributed by atoms with Crippen LogP contribution in [0.4, 0.5) is 4.79 Å². The second-order valence-corrected chi connectivity index (χ2v) is 7.87. The van der Waals surface area contributed by atoms with Gasteiger partial charge < -0.3 is 5.32 Å². The zero-order valence-corrected chi connectivity index (χ0v) is 17.4. The number of hydrogen-bond acceptors (Lipinski definition) is 5. The molecule has 0 bridgehead atoms. The van der Waals surface area contributed by atoms with E-state index in [4.69, 9.17) is 0 Å². The molecule has 8 heteroatoms. The minimum atomic E-state index is -0.535. The van der Waals surface area contributed by atoms with Crippen molar-refractivity contribution in [1.82, 2.24) is 25.4 Å². The molecule has 0 spiro atoms. The van der Waals surface area contributed by atoms with Crippen molar-refractivity contribution in [2.45, 2.75) is 30.7 Å². The van der Waals surface area contributed by atoms with Crippen molar-refractivity contribution in [3.63, 3.8) is 0 Å². The second-order valence-electron chi connectivity index (χ2n) is 6.56. The fraction of sp³-hybridized carbons (Fsp3) is 0.238. The van der Waals surface area contributed by atoms with Gasteiger partial charge in [0.15, 0.2) is 5.16 Å². The molecule has 3 aromatic rings. The van der Waals surface area contributed by atoms with E-state index in [1.165, 1.54) is 18.8 Å². The molecule has 0 saturated carbocycles. The van der Waals surface area contributed by atoms with Crippen LogP contribution in [0.5, 0.6) is 0 Å². The summed E-state index contributed by atoms with van der Waals surface area (Å²) < 4.78 is 1.97. The fourth-order valence-electron chi connectivity index (χ4n) is 2.78. The number of imide groups is 1. The summed E-state index contributed by atoms with van der Waals surface area (Å²) in [6.07, 6.45) is 0.612. The van der Waals surface area contributed by atoms with Crippen LogP contribution in [0.1, 0.15) is 23.9 Å². The van der Waals surface area contributed by atoms with Crippen molar-refractivity contribution in [3.8, 4) is 5.69 Å². The molecular formula is C21H23N5O2S. The third-order valence-electron chi connectivity index (χ3n) is 4.28. The molecule has 7 nitrogen and oxygen atoms in total. The third-order valence-corrected chi connectivity index (χ3v) is 5.32. The minimum absolute atomic E-state index is 0.391. The fourth-order valence-corrected chi connectivity index (χ4v) is 3.67. The highest BCUT2D eigenvalue weighted by Crippen LogP contribution is 2.27. The van der Waals surface area contributed by atoms with Crippen molar-refractivity contribution < 1.29 is 9.59 Å². The van der Waals surface area contributed by atoms with Gasteiger partial charge in [-0.3, -0.25) is 14.7 Å². The van der Waals surface area contributed by atoms with E-state index in [2.05, 4.69) is 26.9 Å². The highest BCUT2D eigenvalue weighted by molar-refractivity contribution is 8.00. The van der Waals surface area contributed by atoms with Crippen LogP contribution in [0.2, 0.25) is 0 Å². The lowest BCUT2D eigenvalue weighted by Gasteiger charge is -2.14. The number of hydrogen-bond donors (Lipinski definition) is 2. The number of carbonyl (C=O) groups is 2. The van der Waals surface area contributed by atoms with Crippen molar-refractivity contribution in [1.29, 1.82) is 0 Å². The van der Waals surface area contributed by atoms with Gasteiger partial charge in [-0.1, -0.05) is 54.2 Å². The van der Waals surface area contributed by atoms with E-state index >= 15 is 0 Å². The molecule has 3 rings (SSSR count). The number of amides is 3. The standard InChI is InChI=1S/C21H23N5O2S/c1-14-8-7-11-17(12-14)26-18(13-16-9-5-4-6-10-16)24-25-21(26)29-15(2)19(27)23-20(28)22-3/h4-12,15H,13H2,1-3H3,(H2,22,23,27,28)/t15-/m0/s1.